The average molecular weight is 351 g/mol. The van der Waals surface area contributed by atoms with Gasteiger partial charge in [-0.2, -0.15) is 0 Å². The van der Waals surface area contributed by atoms with E-state index >= 15 is 0 Å². The van der Waals surface area contributed by atoms with Crippen molar-refractivity contribution in [1.82, 2.24) is 0 Å². The Bertz CT molecular complexity index is 752. The molecule has 0 radical (unpaired) electrons. The van der Waals surface area contributed by atoms with Crippen LogP contribution in [0.15, 0.2) is 42.5 Å². The molecule has 0 saturated heterocycles. The lowest BCUT2D eigenvalue weighted by Gasteiger charge is -2.11. The molecule has 0 fully saturated rings. The largest absolute Gasteiger partial charge is 0.462 e. The first kappa shape index (κ1) is 17.7. The van der Waals surface area contributed by atoms with Crippen LogP contribution in [0, 0.1) is 5.82 Å². The summed E-state index contributed by atoms with van der Waals surface area (Å²) in [5.74, 6) is -1.41. The average Bonchev–Trinajstić information content (AvgIpc) is 2.56. The molecular formula is C17H16ClFN2O3. The van der Waals surface area contributed by atoms with Crippen LogP contribution in [0.25, 0.3) is 0 Å². The smallest absolute Gasteiger partial charge is 0.340 e. The van der Waals surface area contributed by atoms with Crippen LogP contribution in [0.5, 0.6) is 0 Å². The summed E-state index contributed by atoms with van der Waals surface area (Å²) in [6, 6.07) is 10.6. The standard InChI is InChI=1S/C17H16ClFN2O3/c1-2-24-17(23)12-5-3-4-6-15(12)21-16(22)10-20-11-7-8-14(19)13(18)9-11/h3-9,20H,2,10H2,1H3,(H,21,22). The zero-order valence-corrected chi connectivity index (χ0v) is 13.7. The highest BCUT2D eigenvalue weighted by Crippen LogP contribution is 2.19. The van der Waals surface area contributed by atoms with Crippen LogP contribution in [-0.2, 0) is 9.53 Å². The number of amides is 1. The maximum absolute atomic E-state index is 13.1. The van der Waals surface area contributed by atoms with Crippen molar-refractivity contribution in [2.24, 2.45) is 0 Å². The number of hydrogen-bond donors (Lipinski definition) is 2. The van der Waals surface area contributed by atoms with Crippen LogP contribution in [0.4, 0.5) is 15.8 Å². The minimum atomic E-state index is -0.532. The van der Waals surface area contributed by atoms with E-state index in [0.717, 1.165) is 0 Å². The van der Waals surface area contributed by atoms with E-state index in [2.05, 4.69) is 10.6 Å². The summed E-state index contributed by atoms with van der Waals surface area (Å²) in [5, 5.41) is 5.43. The number of carbonyl (C=O) groups is 2. The summed E-state index contributed by atoms with van der Waals surface area (Å²) in [4.78, 5) is 23.9. The number of halogens is 2. The molecule has 0 spiro atoms. The van der Waals surface area contributed by atoms with Crippen molar-refractivity contribution in [2.75, 3.05) is 23.8 Å². The number of nitrogens with one attached hydrogen (secondary N) is 2. The highest BCUT2D eigenvalue weighted by atomic mass is 35.5. The van der Waals surface area contributed by atoms with Gasteiger partial charge in [-0.25, -0.2) is 9.18 Å². The first-order valence-corrected chi connectivity index (χ1v) is 7.64. The van der Waals surface area contributed by atoms with Gasteiger partial charge in [-0.15, -0.1) is 0 Å². The lowest BCUT2D eigenvalue weighted by Crippen LogP contribution is -2.23. The fourth-order valence-electron chi connectivity index (χ4n) is 1.96. The highest BCUT2D eigenvalue weighted by molar-refractivity contribution is 6.31. The summed E-state index contributed by atoms with van der Waals surface area (Å²) < 4.78 is 18.0. The number of carbonyl (C=O) groups excluding carboxylic acids is 2. The molecule has 0 aliphatic rings. The molecule has 24 heavy (non-hydrogen) atoms. The van der Waals surface area contributed by atoms with Crippen LogP contribution in [-0.4, -0.2) is 25.0 Å². The molecule has 0 aromatic heterocycles. The molecule has 0 saturated carbocycles. The molecule has 2 rings (SSSR count). The van der Waals surface area contributed by atoms with Crippen LogP contribution in [0.2, 0.25) is 5.02 Å². The quantitative estimate of drug-likeness (QED) is 0.779. The van der Waals surface area contributed by atoms with Crippen LogP contribution in [0.1, 0.15) is 17.3 Å². The van der Waals surface area contributed by atoms with E-state index in [4.69, 9.17) is 16.3 Å². The van der Waals surface area contributed by atoms with Crippen molar-refractivity contribution in [1.29, 1.82) is 0 Å². The number of esters is 1. The van der Waals surface area contributed by atoms with Gasteiger partial charge in [0.25, 0.3) is 0 Å². The molecule has 0 atom stereocenters. The second-order valence-electron chi connectivity index (χ2n) is 4.80. The lowest BCUT2D eigenvalue weighted by molar-refractivity contribution is -0.114. The first-order chi connectivity index (χ1) is 11.5. The molecule has 1 amide bonds. The molecular weight excluding hydrogens is 335 g/mol. The molecule has 5 nitrogen and oxygen atoms in total. The van der Waals surface area contributed by atoms with Gasteiger partial charge in [0.2, 0.25) is 5.91 Å². The molecule has 0 unspecified atom stereocenters. The van der Waals surface area contributed by atoms with Crippen molar-refractivity contribution < 1.29 is 18.7 Å². The fourth-order valence-corrected chi connectivity index (χ4v) is 2.14. The molecule has 0 aliphatic carbocycles. The number of hydrogen-bond acceptors (Lipinski definition) is 4. The van der Waals surface area contributed by atoms with Gasteiger partial charge in [-0.05, 0) is 37.3 Å². The molecule has 0 aliphatic heterocycles. The second kappa shape index (κ2) is 8.31. The van der Waals surface area contributed by atoms with Gasteiger partial charge in [-0.1, -0.05) is 23.7 Å². The molecule has 0 bridgehead atoms. The predicted octanol–water partition coefficient (Wildman–Crippen LogP) is 3.71. The predicted molar refractivity (Wildman–Crippen MR) is 90.9 cm³/mol. The van der Waals surface area contributed by atoms with Crippen molar-refractivity contribution in [2.45, 2.75) is 6.92 Å². The Hall–Kier alpha value is -2.60. The van der Waals surface area contributed by atoms with E-state index in [1.165, 1.54) is 18.2 Å². The zero-order chi connectivity index (χ0) is 17.5. The van der Waals surface area contributed by atoms with Crippen molar-refractivity contribution in [3.05, 3.63) is 58.9 Å². The third kappa shape index (κ3) is 4.70. The first-order valence-electron chi connectivity index (χ1n) is 7.26. The van der Waals surface area contributed by atoms with Crippen LogP contribution in [0.3, 0.4) is 0 Å². The SMILES string of the molecule is CCOC(=O)c1ccccc1NC(=O)CNc1ccc(F)c(Cl)c1. The third-order valence-electron chi connectivity index (χ3n) is 3.07. The molecule has 0 heterocycles. The van der Waals surface area contributed by atoms with Crippen molar-refractivity contribution >= 4 is 34.9 Å². The normalized spacial score (nSPS) is 10.1. The Labute approximate surface area is 143 Å². The summed E-state index contributed by atoms with van der Waals surface area (Å²) >= 11 is 5.68. The van der Waals surface area contributed by atoms with Gasteiger partial charge >= 0.3 is 5.97 Å². The van der Waals surface area contributed by atoms with E-state index in [-0.39, 0.29) is 29.6 Å². The van der Waals surface area contributed by atoms with Gasteiger partial charge < -0.3 is 15.4 Å². The van der Waals surface area contributed by atoms with E-state index in [1.807, 2.05) is 0 Å². The topological polar surface area (TPSA) is 67.4 Å². The van der Waals surface area contributed by atoms with Crippen LogP contribution >= 0.6 is 11.6 Å². The van der Waals surface area contributed by atoms with E-state index in [0.29, 0.717) is 11.4 Å². The van der Waals surface area contributed by atoms with Gasteiger partial charge in [0, 0.05) is 5.69 Å². The summed E-state index contributed by atoms with van der Waals surface area (Å²) in [6.07, 6.45) is 0. The number of ether oxygens (including phenoxy) is 1. The summed E-state index contributed by atoms with van der Waals surface area (Å²) in [7, 11) is 0. The van der Waals surface area contributed by atoms with Crippen LogP contribution < -0.4 is 10.6 Å². The molecule has 7 heteroatoms. The Kier molecular flexibility index (Phi) is 6.14. The summed E-state index contributed by atoms with van der Waals surface area (Å²) in [6.45, 7) is 1.88. The highest BCUT2D eigenvalue weighted by Gasteiger charge is 2.13. The number of anilines is 2. The van der Waals surface area contributed by atoms with Crippen molar-refractivity contribution in [3.8, 4) is 0 Å². The zero-order valence-electron chi connectivity index (χ0n) is 12.9. The second-order valence-corrected chi connectivity index (χ2v) is 5.20. The third-order valence-corrected chi connectivity index (χ3v) is 3.36. The minimum Gasteiger partial charge on any atom is -0.462 e. The maximum atomic E-state index is 13.1. The van der Waals surface area contributed by atoms with E-state index in [9.17, 15) is 14.0 Å². The lowest BCUT2D eigenvalue weighted by atomic mass is 10.2. The number of benzene rings is 2. The Morgan fingerprint density at radius 2 is 1.96 bits per heavy atom. The van der Waals surface area contributed by atoms with E-state index < -0.39 is 11.8 Å². The fraction of sp³-hybridized carbons (Fsp3) is 0.176. The number of para-hydroxylation sites is 1. The van der Waals surface area contributed by atoms with Gasteiger partial charge in [0.1, 0.15) is 5.82 Å². The molecule has 2 aromatic rings. The van der Waals surface area contributed by atoms with Crippen molar-refractivity contribution in [3.63, 3.8) is 0 Å². The van der Waals surface area contributed by atoms with Gasteiger partial charge in [0.05, 0.1) is 29.4 Å². The molecule has 2 aromatic carbocycles. The Balaban J connectivity index is 1.99. The van der Waals surface area contributed by atoms with E-state index in [1.54, 1.807) is 31.2 Å². The molecule has 2 N–H and O–H groups in total. The van der Waals surface area contributed by atoms with Gasteiger partial charge in [0.15, 0.2) is 0 Å². The monoisotopic (exact) mass is 350 g/mol. The molecule has 126 valence electrons. The Morgan fingerprint density at radius 3 is 2.67 bits per heavy atom. The maximum Gasteiger partial charge on any atom is 0.340 e. The Morgan fingerprint density at radius 1 is 1.21 bits per heavy atom. The summed E-state index contributed by atoms with van der Waals surface area (Å²) in [5.41, 5.74) is 1.15. The minimum absolute atomic E-state index is 0.0342. The van der Waals surface area contributed by atoms with Gasteiger partial charge in [-0.3, -0.25) is 4.79 Å². The number of rotatable bonds is 6.